The van der Waals surface area contributed by atoms with E-state index in [1.54, 1.807) is 44.2 Å². The number of halogens is 1. The zero-order valence-corrected chi connectivity index (χ0v) is 14.6. The number of carboxylic acid groups (broad SMARTS) is 1. The average molecular weight is 355 g/mol. The molecule has 0 radical (unpaired) electrons. The Hall–Kier alpha value is -3.15. The summed E-state index contributed by atoms with van der Waals surface area (Å²) in [6.45, 7) is 5.06. The van der Waals surface area contributed by atoms with E-state index in [2.05, 4.69) is 5.32 Å². The number of benzene rings is 2. The van der Waals surface area contributed by atoms with Crippen molar-refractivity contribution in [2.45, 2.75) is 26.8 Å². The molecule has 0 aliphatic carbocycles. The number of aryl methyl sites for hydroxylation is 1. The monoisotopic (exact) mass is 355 g/mol. The third-order valence-corrected chi connectivity index (χ3v) is 4.32. The molecule has 5 nitrogen and oxygen atoms in total. The zero-order chi connectivity index (χ0) is 19.0. The lowest BCUT2D eigenvalue weighted by atomic mass is 9.99. The van der Waals surface area contributed by atoms with Gasteiger partial charge >= 0.3 is 6.09 Å². The van der Waals surface area contributed by atoms with Crippen molar-refractivity contribution in [2.75, 3.05) is 0 Å². The van der Waals surface area contributed by atoms with Gasteiger partial charge in [0.25, 0.3) is 0 Å². The summed E-state index contributed by atoms with van der Waals surface area (Å²) in [5, 5.41) is 11.7. The van der Waals surface area contributed by atoms with Gasteiger partial charge in [-0.3, -0.25) is 4.79 Å². The molecular formula is C20H18FNO4. The third kappa shape index (κ3) is 3.06. The minimum atomic E-state index is -1.18. The summed E-state index contributed by atoms with van der Waals surface area (Å²) in [5.74, 6) is -0.350. The van der Waals surface area contributed by atoms with Crippen molar-refractivity contribution in [1.29, 1.82) is 0 Å². The van der Waals surface area contributed by atoms with Gasteiger partial charge in [0.1, 0.15) is 17.2 Å². The van der Waals surface area contributed by atoms with Crippen LogP contribution >= 0.6 is 0 Å². The topological polar surface area (TPSA) is 79.5 Å². The van der Waals surface area contributed by atoms with Crippen molar-refractivity contribution >= 4 is 17.1 Å². The standard InChI is InChI=1S/C20H18FNO4/c1-10-8-14(12(3)22-20(24)25)19-15(9-10)17(23)11(2)18(26-19)13-6-4-5-7-16(13)21/h4-9,12,22H,1-3H3,(H,24,25)/t12-/m1/s1. The fraction of sp³-hybridized carbons (Fsp3) is 0.200. The van der Waals surface area contributed by atoms with E-state index in [1.807, 2.05) is 6.92 Å². The van der Waals surface area contributed by atoms with E-state index in [0.717, 1.165) is 5.56 Å². The Morgan fingerprint density at radius 1 is 1.23 bits per heavy atom. The molecule has 1 atom stereocenters. The Bertz CT molecular complexity index is 1070. The molecule has 0 unspecified atom stereocenters. The molecule has 0 fully saturated rings. The first-order chi connectivity index (χ1) is 12.3. The molecule has 2 N–H and O–H groups in total. The van der Waals surface area contributed by atoms with Crippen molar-refractivity contribution in [3.8, 4) is 11.3 Å². The van der Waals surface area contributed by atoms with Crippen LogP contribution in [0.5, 0.6) is 0 Å². The fourth-order valence-electron chi connectivity index (χ4n) is 3.05. The van der Waals surface area contributed by atoms with E-state index in [0.29, 0.717) is 16.5 Å². The molecule has 0 aliphatic rings. The van der Waals surface area contributed by atoms with Crippen molar-refractivity contribution in [1.82, 2.24) is 5.32 Å². The van der Waals surface area contributed by atoms with Crippen LogP contribution in [0.1, 0.15) is 29.7 Å². The quantitative estimate of drug-likeness (QED) is 0.723. The first kappa shape index (κ1) is 17.7. The van der Waals surface area contributed by atoms with Crippen molar-refractivity contribution in [3.05, 3.63) is 69.1 Å². The second-order valence-corrected chi connectivity index (χ2v) is 6.27. The van der Waals surface area contributed by atoms with E-state index < -0.39 is 18.0 Å². The van der Waals surface area contributed by atoms with Crippen LogP contribution in [0.4, 0.5) is 9.18 Å². The molecule has 2 aromatic carbocycles. The Morgan fingerprint density at radius 2 is 1.92 bits per heavy atom. The van der Waals surface area contributed by atoms with E-state index >= 15 is 0 Å². The van der Waals surface area contributed by atoms with Gasteiger partial charge in [-0.2, -0.15) is 0 Å². The molecule has 6 heteroatoms. The highest BCUT2D eigenvalue weighted by atomic mass is 19.1. The molecule has 1 aromatic heterocycles. The van der Waals surface area contributed by atoms with Gasteiger partial charge in [0.2, 0.25) is 0 Å². The molecular weight excluding hydrogens is 337 g/mol. The Labute approximate surface area is 149 Å². The highest BCUT2D eigenvalue weighted by Crippen LogP contribution is 2.31. The number of carbonyl (C=O) groups is 1. The highest BCUT2D eigenvalue weighted by Gasteiger charge is 2.20. The van der Waals surface area contributed by atoms with E-state index in [1.165, 1.54) is 6.07 Å². The highest BCUT2D eigenvalue weighted by molar-refractivity contribution is 5.84. The summed E-state index contributed by atoms with van der Waals surface area (Å²) < 4.78 is 20.2. The lowest BCUT2D eigenvalue weighted by Crippen LogP contribution is -2.25. The number of amides is 1. The lowest BCUT2D eigenvalue weighted by molar-refractivity contribution is 0.191. The predicted octanol–water partition coefficient (Wildman–Crippen LogP) is 4.54. The van der Waals surface area contributed by atoms with Crippen molar-refractivity contribution in [3.63, 3.8) is 0 Å². The van der Waals surface area contributed by atoms with E-state index in [4.69, 9.17) is 9.52 Å². The Kier molecular flexibility index (Phi) is 4.50. The van der Waals surface area contributed by atoms with Crippen LogP contribution in [-0.2, 0) is 0 Å². The van der Waals surface area contributed by atoms with Gasteiger partial charge in [-0.25, -0.2) is 9.18 Å². The summed E-state index contributed by atoms with van der Waals surface area (Å²) in [6.07, 6.45) is -1.18. The second kappa shape index (κ2) is 6.63. The maximum absolute atomic E-state index is 14.2. The zero-order valence-electron chi connectivity index (χ0n) is 14.6. The fourth-order valence-corrected chi connectivity index (χ4v) is 3.05. The van der Waals surface area contributed by atoms with Crippen LogP contribution in [0.3, 0.4) is 0 Å². The smallest absolute Gasteiger partial charge is 0.405 e. The maximum Gasteiger partial charge on any atom is 0.405 e. The predicted molar refractivity (Wildman–Crippen MR) is 96.9 cm³/mol. The van der Waals surface area contributed by atoms with Gasteiger partial charge in [0.05, 0.1) is 17.0 Å². The minimum absolute atomic E-state index is 0.147. The Morgan fingerprint density at radius 3 is 2.58 bits per heavy atom. The van der Waals surface area contributed by atoms with Gasteiger partial charge < -0.3 is 14.8 Å². The molecule has 0 saturated carbocycles. The lowest BCUT2D eigenvalue weighted by Gasteiger charge is -2.16. The van der Waals surface area contributed by atoms with Crippen LogP contribution < -0.4 is 10.7 Å². The number of hydrogen-bond donors (Lipinski definition) is 2. The molecule has 1 amide bonds. The summed E-state index contributed by atoms with van der Waals surface area (Å²) in [5.41, 5.74) is 1.81. The maximum atomic E-state index is 14.2. The van der Waals surface area contributed by atoms with Crippen LogP contribution in [0.25, 0.3) is 22.3 Å². The molecule has 3 aromatic rings. The molecule has 3 rings (SSSR count). The minimum Gasteiger partial charge on any atom is -0.465 e. The number of fused-ring (bicyclic) bond motifs is 1. The number of hydrogen-bond acceptors (Lipinski definition) is 3. The first-order valence-electron chi connectivity index (χ1n) is 8.12. The van der Waals surface area contributed by atoms with Gasteiger partial charge in [-0.15, -0.1) is 0 Å². The van der Waals surface area contributed by atoms with Gasteiger partial charge in [0.15, 0.2) is 5.43 Å². The van der Waals surface area contributed by atoms with Crippen molar-refractivity contribution < 1.29 is 18.7 Å². The average Bonchev–Trinajstić information content (AvgIpc) is 2.58. The van der Waals surface area contributed by atoms with E-state index in [9.17, 15) is 14.0 Å². The summed E-state index contributed by atoms with van der Waals surface area (Å²) in [6, 6.07) is 8.90. The molecule has 0 aliphatic heterocycles. The first-order valence-corrected chi connectivity index (χ1v) is 8.12. The summed E-state index contributed by atoms with van der Waals surface area (Å²) in [7, 11) is 0. The molecule has 0 saturated heterocycles. The van der Waals surface area contributed by atoms with Gasteiger partial charge in [-0.1, -0.05) is 18.2 Å². The largest absolute Gasteiger partial charge is 0.465 e. The Balaban J connectivity index is 2.36. The molecule has 134 valence electrons. The molecule has 0 bridgehead atoms. The van der Waals surface area contributed by atoms with Gasteiger partial charge in [0, 0.05) is 11.1 Å². The number of nitrogens with one attached hydrogen (secondary N) is 1. The third-order valence-electron chi connectivity index (χ3n) is 4.32. The molecule has 26 heavy (non-hydrogen) atoms. The normalized spacial score (nSPS) is 12.2. The van der Waals surface area contributed by atoms with Gasteiger partial charge in [-0.05, 0) is 44.5 Å². The van der Waals surface area contributed by atoms with Crippen LogP contribution in [0.2, 0.25) is 0 Å². The molecule has 1 heterocycles. The molecule has 0 spiro atoms. The number of rotatable bonds is 3. The summed E-state index contributed by atoms with van der Waals surface area (Å²) in [4.78, 5) is 23.9. The van der Waals surface area contributed by atoms with E-state index in [-0.39, 0.29) is 22.3 Å². The summed E-state index contributed by atoms with van der Waals surface area (Å²) >= 11 is 0. The van der Waals surface area contributed by atoms with Crippen molar-refractivity contribution in [2.24, 2.45) is 0 Å². The van der Waals surface area contributed by atoms with Crippen LogP contribution in [0.15, 0.2) is 45.6 Å². The van der Waals surface area contributed by atoms with Crippen LogP contribution in [0, 0.1) is 19.7 Å². The SMILES string of the molecule is Cc1cc([C@@H](C)NC(=O)O)c2oc(-c3ccccc3F)c(C)c(=O)c2c1. The van der Waals surface area contributed by atoms with Crippen LogP contribution in [-0.4, -0.2) is 11.2 Å². The second-order valence-electron chi connectivity index (χ2n) is 6.27.